The van der Waals surface area contributed by atoms with Gasteiger partial charge in [-0.2, -0.15) is 0 Å². The van der Waals surface area contributed by atoms with Crippen molar-refractivity contribution in [3.8, 4) is 5.88 Å². The highest BCUT2D eigenvalue weighted by Crippen LogP contribution is 2.27. The largest absolute Gasteiger partial charge is 0.494 e. The van der Waals surface area contributed by atoms with Gasteiger partial charge in [-0.05, 0) is 18.8 Å². The second kappa shape index (κ2) is 5.99. The maximum absolute atomic E-state index is 12.4. The van der Waals surface area contributed by atoms with Crippen LogP contribution in [0.1, 0.15) is 36.5 Å². The van der Waals surface area contributed by atoms with Crippen LogP contribution in [0.5, 0.6) is 5.88 Å². The topological polar surface area (TPSA) is 111 Å². The van der Waals surface area contributed by atoms with Crippen LogP contribution in [0.25, 0.3) is 0 Å². The van der Waals surface area contributed by atoms with Gasteiger partial charge >= 0.3 is 5.97 Å². The zero-order valence-electron chi connectivity index (χ0n) is 11.7. The molecule has 0 bridgehead atoms. The maximum Gasteiger partial charge on any atom is 0.326 e. The number of nitrogens with zero attached hydrogens (tertiary/aromatic N) is 1. The molecule has 1 aliphatic heterocycles. The minimum absolute atomic E-state index is 0.00236. The number of aliphatic carboxylic acids is 1. The lowest BCUT2D eigenvalue weighted by Crippen LogP contribution is -2.50. The molecule has 1 aromatic heterocycles. The third-order valence-electron chi connectivity index (χ3n) is 3.91. The molecular weight excluding hydrogens is 276 g/mol. The van der Waals surface area contributed by atoms with Crippen LogP contribution in [0.2, 0.25) is 0 Å². The summed E-state index contributed by atoms with van der Waals surface area (Å²) in [5, 5.41) is 18.7. The number of rotatable bonds is 3. The number of carbonyl (C=O) groups is 2. The number of aromatic nitrogens is 1. The first kappa shape index (κ1) is 15.1. The van der Waals surface area contributed by atoms with Crippen molar-refractivity contribution < 1.29 is 19.8 Å². The summed E-state index contributed by atoms with van der Waals surface area (Å²) in [6, 6.07) is 1.30. The summed E-state index contributed by atoms with van der Waals surface area (Å²) in [6.45, 7) is 2.33. The van der Waals surface area contributed by atoms with Gasteiger partial charge in [-0.15, -0.1) is 0 Å². The third kappa shape index (κ3) is 3.24. The van der Waals surface area contributed by atoms with Gasteiger partial charge < -0.3 is 15.1 Å². The van der Waals surface area contributed by atoms with E-state index in [1.54, 1.807) is 0 Å². The molecule has 1 aromatic rings. The van der Waals surface area contributed by atoms with E-state index in [0.29, 0.717) is 13.0 Å². The van der Waals surface area contributed by atoms with E-state index in [0.717, 1.165) is 25.0 Å². The first-order valence-electron chi connectivity index (χ1n) is 6.89. The number of hydrogen-bond acceptors (Lipinski definition) is 4. The zero-order valence-corrected chi connectivity index (χ0v) is 11.7. The third-order valence-corrected chi connectivity index (χ3v) is 3.91. The first-order chi connectivity index (χ1) is 9.92. The summed E-state index contributed by atoms with van der Waals surface area (Å²) >= 11 is 0. The Morgan fingerprint density at radius 3 is 2.71 bits per heavy atom. The molecule has 2 atom stereocenters. The Morgan fingerprint density at radius 2 is 2.14 bits per heavy atom. The van der Waals surface area contributed by atoms with Crippen LogP contribution >= 0.6 is 0 Å². The molecule has 1 amide bonds. The number of aromatic amines is 1. The van der Waals surface area contributed by atoms with Crippen LogP contribution in [0.4, 0.5) is 0 Å². The number of aromatic hydroxyl groups is 1. The molecule has 0 aliphatic carbocycles. The van der Waals surface area contributed by atoms with E-state index < -0.39 is 29.4 Å². The molecule has 2 unspecified atom stereocenters. The van der Waals surface area contributed by atoms with E-state index in [2.05, 4.69) is 4.98 Å². The number of H-pyrrole nitrogens is 1. The van der Waals surface area contributed by atoms with Gasteiger partial charge in [-0.1, -0.05) is 13.3 Å². The van der Waals surface area contributed by atoms with Gasteiger partial charge in [0.05, 0.1) is 5.56 Å². The van der Waals surface area contributed by atoms with E-state index in [4.69, 9.17) is 0 Å². The van der Waals surface area contributed by atoms with Crippen molar-refractivity contribution in [3.05, 3.63) is 28.0 Å². The van der Waals surface area contributed by atoms with Gasteiger partial charge in [0.1, 0.15) is 6.04 Å². The Morgan fingerprint density at radius 1 is 1.43 bits per heavy atom. The summed E-state index contributed by atoms with van der Waals surface area (Å²) in [5.41, 5.74) is -0.605. The smallest absolute Gasteiger partial charge is 0.326 e. The van der Waals surface area contributed by atoms with E-state index >= 15 is 0 Å². The van der Waals surface area contributed by atoms with Gasteiger partial charge in [0.2, 0.25) is 0 Å². The minimum atomic E-state index is -1.05. The molecule has 21 heavy (non-hydrogen) atoms. The lowest BCUT2D eigenvalue weighted by Gasteiger charge is -2.37. The van der Waals surface area contributed by atoms with E-state index in [9.17, 15) is 24.6 Å². The normalized spacial score (nSPS) is 22.0. The number of carboxylic acids is 1. The molecule has 3 N–H and O–H groups in total. The molecule has 1 aliphatic rings. The second-order valence-electron chi connectivity index (χ2n) is 5.27. The average molecular weight is 294 g/mol. The highest BCUT2D eigenvalue weighted by Gasteiger charge is 2.36. The van der Waals surface area contributed by atoms with Gasteiger partial charge in [0.25, 0.3) is 11.5 Å². The molecule has 0 aromatic carbocycles. The predicted molar refractivity (Wildman–Crippen MR) is 74.2 cm³/mol. The van der Waals surface area contributed by atoms with Crippen molar-refractivity contribution in [1.82, 2.24) is 9.88 Å². The number of carbonyl (C=O) groups excluding carboxylic acids is 1. The zero-order chi connectivity index (χ0) is 15.6. The number of amides is 1. The molecule has 0 spiro atoms. The maximum atomic E-state index is 12.4. The van der Waals surface area contributed by atoms with Crippen LogP contribution in [-0.2, 0) is 4.79 Å². The van der Waals surface area contributed by atoms with E-state index in [1.165, 1.54) is 4.90 Å². The molecule has 2 rings (SSSR count). The molecule has 114 valence electrons. The van der Waals surface area contributed by atoms with Crippen molar-refractivity contribution >= 4 is 11.9 Å². The van der Waals surface area contributed by atoms with Gasteiger partial charge in [0.15, 0.2) is 5.88 Å². The Bertz CT molecular complexity index is 610. The summed E-state index contributed by atoms with van der Waals surface area (Å²) in [6.07, 6.45) is 2.02. The molecule has 2 heterocycles. The van der Waals surface area contributed by atoms with Crippen molar-refractivity contribution in [2.24, 2.45) is 5.92 Å². The summed E-state index contributed by atoms with van der Waals surface area (Å²) in [4.78, 5) is 38.5. The minimum Gasteiger partial charge on any atom is -0.494 e. The fourth-order valence-electron chi connectivity index (χ4n) is 2.70. The Labute approximate surface area is 121 Å². The highest BCUT2D eigenvalue weighted by molar-refractivity contribution is 5.96. The molecule has 1 fully saturated rings. The Hall–Kier alpha value is -2.31. The molecule has 7 nitrogen and oxygen atoms in total. The van der Waals surface area contributed by atoms with Crippen LogP contribution in [0.3, 0.4) is 0 Å². The molecule has 7 heteroatoms. The predicted octanol–water partition coefficient (Wildman–Crippen LogP) is 0.796. The van der Waals surface area contributed by atoms with Crippen molar-refractivity contribution in [1.29, 1.82) is 0 Å². The molecule has 1 saturated heterocycles. The first-order valence-corrected chi connectivity index (χ1v) is 6.89. The number of carboxylic acid groups (broad SMARTS) is 1. The summed E-state index contributed by atoms with van der Waals surface area (Å²) in [5.74, 6) is -1.72. The van der Waals surface area contributed by atoms with Gasteiger partial charge in [-0.3, -0.25) is 14.6 Å². The lowest BCUT2D eigenvalue weighted by atomic mass is 9.88. The number of likely N-dealkylation sites (tertiary alicyclic amines) is 1. The van der Waals surface area contributed by atoms with Gasteiger partial charge in [-0.25, -0.2) is 4.79 Å². The lowest BCUT2D eigenvalue weighted by molar-refractivity contribution is -0.144. The van der Waals surface area contributed by atoms with E-state index in [-0.39, 0.29) is 11.5 Å². The summed E-state index contributed by atoms with van der Waals surface area (Å²) in [7, 11) is 0. The molecule has 0 saturated carbocycles. The number of hydrogen-bond donors (Lipinski definition) is 3. The fraction of sp³-hybridized carbons (Fsp3) is 0.500. The van der Waals surface area contributed by atoms with Crippen LogP contribution < -0.4 is 5.56 Å². The average Bonchev–Trinajstić information content (AvgIpc) is 2.44. The van der Waals surface area contributed by atoms with Gasteiger partial charge in [0, 0.05) is 18.7 Å². The SMILES string of the molecule is CCC1CCN(C(=O)c2cc(O)[nH]c(=O)c2)C(C(=O)O)C1. The van der Waals surface area contributed by atoms with Crippen molar-refractivity contribution in [2.75, 3.05) is 6.54 Å². The molecule has 0 radical (unpaired) electrons. The fourth-order valence-corrected chi connectivity index (χ4v) is 2.70. The number of piperidine rings is 1. The van der Waals surface area contributed by atoms with Crippen molar-refractivity contribution in [2.45, 2.75) is 32.2 Å². The molecular formula is C14H18N2O5. The van der Waals surface area contributed by atoms with Crippen LogP contribution in [-0.4, -0.2) is 44.6 Å². The number of pyridine rings is 1. The Kier molecular flexibility index (Phi) is 4.30. The Balaban J connectivity index is 2.28. The highest BCUT2D eigenvalue weighted by atomic mass is 16.4. The van der Waals surface area contributed by atoms with Crippen molar-refractivity contribution in [3.63, 3.8) is 0 Å². The van der Waals surface area contributed by atoms with Crippen LogP contribution in [0, 0.1) is 5.92 Å². The van der Waals surface area contributed by atoms with Crippen LogP contribution in [0.15, 0.2) is 16.9 Å². The monoisotopic (exact) mass is 294 g/mol. The van der Waals surface area contributed by atoms with E-state index in [1.807, 2.05) is 6.92 Å². The second-order valence-corrected chi connectivity index (χ2v) is 5.27. The standard InChI is InChI=1S/C14H18N2O5/c1-2-8-3-4-16(10(5-8)14(20)21)13(19)9-6-11(17)15-12(18)7-9/h6-8,10H,2-5H2,1H3,(H,20,21)(H2,15,17,18). The quantitative estimate of drug-likeness (QED) is 0.763. The number of nitrogens with one attached hydrogen (secondary N) is 1. The summed E-state index contributed by atoms with van der Waals surface area (Å²) < 4.78 is 0.